The molecule has 2 heterocycles. The first-order valence-electron chi connectivity index (χ1n) is 7.01. The lowest BCUT2D eigenvalue weighted by molar-refractivity contribution is -0.0449. The zero-order valence-electron chi connectivity index (χ0n) is 13.4. The van der Waals surface area contributed by atoms with E-state index in [-0.39, 0.29) is 28.9 Å². The van der Waals surface area contributed by atoms with Crippen LogP contribution in [0.5, 0.6) is 0 Å². The highest BCUT2D eigenvalue weighted by atomic mass is 16.6. The molecule has 4 heteroatoms. The van der Waals surface area contributed by atoms with Crippen molar-refractivity contribution in [1.29, 1.82) is 0 Å². The number of carbonyl (C=O) groups is 1. The number of cyclic esters (lactones) is 1. The first kappa shape index (κ1) is 14.4. The fraction of sp³-hybridized carbons (Fsp3) is 0.867. The van der Waals surface area contributed by atoms with Crippen LogP contribution in [0.1, 0.15) is 55.4 Å². The topological polar surface area (TPSA) is 41.9 Å². The highest BCUT2D eigenvalue weighted by Crippen LogP contribution is 2.49. The number of amides is 1. The van der Waals surface area contributed by atoms with Crippen molar-refractivity contribution in [2.45, 2.75) is 67.0 Å². The molecule has 3 atom stereocenters. The molecule has 1 unspecified atom stereocenters. The Morgan fingerprint density at radius 1 is 1.21 bits per heavy atom. The van der Waals surface area contributed by atoms with Crippen molar-refractivity contribution < 1.29 is 9.53 Å². The molecule has 0 aliphatic carbocycles. The Balaban J connectivity index is 2.46. The van der Waals surface area contributed by atoms with Gasteiger partial charge in [0.1, 0.15) is 11.6 Å². The first-order valence-corrected chi connectivity index (χ1v) is 7.01. The predicted molar refractivity (Wildman–Crippen MR) is 76.0 cm³/mol. The number of hydrogen-bond donors (Lipinski definition) is 0. The van der Waals surface area contributed by atoms with Gasteiger partial charge < -0.3 is 4.74 Å². The number of hydrazone groups is 1. The largest absolute Gasteiger partial charge is 0.439 e. The van der Waals surface area contributed by atoms with Crippen LogP contribution in [0.2, 0.25) is 0 Å². The van der Waals surface area contributed by atoms with Gasteiger partial charge in [0.05, 0.1) is 0 Å². The van der Waals surface area contributed by atoms with E-state index >= 15 is 0 Å². The molecular weight excluding hydrogens is 240 g/mol. The van der Waals surface area contributed by atoms with E-state index in [1.54, 1.807) is 5.01 Å². The Labute approximate surface area is 116 Å². The number of carbonyl (C=O) groups excluding carboxylic acids is 1. The number of fused-ring (bicyclic) bond motifs is 1. The maximum atomic E-state index is 12.1. The summed E-state index contributed by atoms with van der Waals surface area (Å²) in [5.41, 5.74) is 0.423. The lowest BCUT2D eigenvalue weighted by Crippen LogP contribution is -2.53. The van der Waals surface area contributed by atoms with Crippen LogP contribution in [0.4, 0.5) is 4.79 Å². The molecule has 0 radical (unpaired) electrons. The molecule has 0 aromatic carbocycles. The van der Waals surface area contributed by atoms with Gasteiger partial charge in [-0.25, -0.2) is 4.79 Å². The fourth-order valence-corrected chi connectivity index (χ4v) is 3.21. The molecule has 1 amide bonds. The van der Waals surface area contributed by atoms with Gasteiger partial charge in [0.2, 0.25) is 0 Å². The second-order valence-corrected chi connectivity index (χ2v) is 8.04. The Kier molecular flexibility index (Phi) is 2.82. The standard InChI is InChI=1S/C15H26N2O2/c1-9-10(13(2,3)4)16-17-11(9)15(8,14(5,6)7)19-12(17)18/h9,11H,1-8H3/t9-,11?,15-/m0/s1. The smallest absolute Gasteiger partial charge is 0.431 e. The minimum Gasteiger partial charge on any atom is -0.439 e. The van der Waals surface area contributed by atoms with Crippen LogP contribution < -0.4 is 0 Å². The molecule has 108 valence electrons. The Bertz CT molecular complexity index is 442. The Morgan fingerprint density at radius 3 is 2.16 bits per heavy atom. The second kappa shape index (κ2) is 3.74. The maximum absolute atomic E-state index is 12.1. The molecule has 0 bridgehead atoms. The average molecular weight is 266 g/mol. The van der Waals surface area contributed by atoms with Gasteiger partial charge in [-0.15, -0.1) is 0 Å². The van der Waals surface area contributed by atoms with Crippen LogP contribution >= 0.6 is 0 Å². The lowest BCUT2D eigenvalue weighted by Gasteiger charge is -2.41. The van der Waals surface area contributed by atoms with Gasteiger partial charge in [0, 0.05) is 22.5 Å². The molecule has 2 aliphatic heterocycles. The molecule has 2 aliphatic rings. The van der Waals surface area contributed by atoms with Crippen molar-refractivity contribution in [3.8, 4) is 0 Å². The van der Waals surface area contributed by atoms with E-state index in [9.17, 15) is 4.79 Å². The summed E-state index contributed by atoms with van der Waals surface area (Å²) in [5, 5.41) is 6.13. The van der Waals surface area contributed by atoms with Crippen LogP contribution in [0, 0.1) is 16.7 Å². The number of hydrogen-bond acceptors (Lipinski definition) is 3. The molecule has 0 N–H and O–H groups in total. The quantitative estimate of drug-likeness (QED) is 0.671. The summed E-state index contributed by atoms with van der Waals surface area (Å²) in [6.45, 7) is 17.0. The molecule has 1 fully saturated rings. The summed E-state index contributed by atoms with van der Waals surface area (Å²) in [5.74, 6) is 0.218. The van der Waals surface area contributed by atoms with Crippen molar-refractivity contribution in [3.05, 3.63) is 0 Å². The van der Waals surface area contributed by atoms with Crippen LogP contribution in [-0.2, 0) is 4.74 Å². The molecule has 0 aromatic heterocycles. The molecule has 0 spiro atoms. The summed E-state index contributed by atoms with van der Waals surface area (Å²) in [6.07, 6.45) is -0.312. The SMILES string of the molecule is C[C@H]1C(C(C)(C)C)=NN2C(=O)O[C@](C)(C(C)(C)C)C12. The first-order chi connectivity index (χ1) is 8.39. The molecule has 2 rings (SSSR count). The van der Waals surface area contributed by atoms with Crippen molar-refractivity contribution in [1.82, 2.24) is 5.01 Å². The molecule has 4 nitrogen and oxygen atoms in total. The van der Waals surface area contributed by atoms with Crippen molar-refractivity contribution in [3.63, 3.8) is 0 Å². The van der Waals surface area contributed by atoms with Gasteiger partial charge in [0.25, 0.3) is 0 Å². The van der Waals surface area contributed by atoms with Crippen LogP contribution in [-0.4, -0.2) is 28.5 Å². The summed E-state index contributed by atoms with van der Waals surface area (Å²) in [4.78, 5) is 12.1. The van der Waals surface area contributed by atoms with Crippen LogP contribution in [0.3, 0.4) is 0 Å². The minimum absolute atomic E-state index is 0.00535. The van der Waals surface area contributed by atoms with Crippen molar-refractivity contribution in [2.24, 2.45) is 21.8 Å². The second-order valence-electron chi connectivity index (χ2n) is 8.04. The fourth-order valence-electron chi connectivity index (χ4n) is 3.21. The van der Waals surface area contributed by atoms with Crippen LogP contribution in [0.25, 0.3) is 0 Å². The average Bonchev–Trinajstić information content (AvgIpc) is 2.64. The molecule has 0 aromatic rings. The molecule has 19 heavy (non-hydrogen) atoms. The van der Waals surface area contributed by atoms with E-state index in [0.29, 0.717) is 0 Å². The molecule has 0 saturated carbocycles. The number of nitrogens with zero attached hydrogens (tertiary/aromatic N) is 2. The van der Waals surface area contributed by atoms with E-state index in [0.717, 1.165) is 5.71 Å². The molecule has 1 saturated heterocycles. The Morgan fingerprint density at radius 2 is 1.74 bits per heavy atom. The van der Waals surface area contributed by atoms with E-state index < -0.39 is 5.60 Å². The van der Waals surface area contributed by atoms with Gasteiger partial charge >= 0.3 is 6.09 Å². The highest BCUT2D eigenvalue weighted by Gasteiger charge is 2.62. The summed E-state index contributed by atoms with van der Waals surface area (Å²) in [7, 11) is 0. The third-order valence-corrected chi connectivity index (χ3v) is 4.69. The van der Waals surface area contributed by atoms with E-state index in [1.807, 2.05) is 6.92 Å². The van der Waals surface area contributed by atoms with Crippen molar-refractivity contribution >= 4 is 11.8 Å². The maximum Gasteiger partial charge on any atom is 0.431 e. The lowest BCUT2D eigenvalue weighted by atomic mass is 9.68. The monoisotopic (exact) mass is 266 g/mol. The summed E-state index contributed by atoms with van der Waals surface area (Å²) < 4.78 is 5.69. The van der Waals surface area contributed by atoms with Gasteiger partial charge in [-0.1, -0.05) is 48.5 Å². The van der Waals surface area contributed by atoms with Gasteiger partial charge in [0.15, 0.2) is 0 Å². The summed E-state index contributed by atoms with van der Waals surface area (Å²) in [6, 6.07) is -0.00535. The zero-order chi connectivity index (χ0) is 14.8. The van der Waals surface area contributed by atoms with Gasteiger partial charge in [-0.05, 0) is 6.92 Å². The minimum atomic E-state index is -0.514. The normalized spacial score (nSPS) is 35.3. The predicted octanol–water partition coefficient (Wildman–Crippen LogP) is 3.66. The third kappa shape index (κ3) is 1.87. The number of ether oxygens (including phenoxy) is 1. The third-order valence-electron chi connectivity index (χ3n) is 4.69. The Hall–Kier alpha value is -1.06. The van der Waals surface area contributed by atoms with E-state index in [2.05, 4.69) is 53.6 Å². The van der Waals surface area contributed by atoms with Crippen LogP contribution in [0.15, 0.2) is 5.10 Å². The van der Waals surface area contributed by atoms with Gasteiger partial charge in [-0.2, -0.15) is 10.1 Å². The zero-order valence-corrected chi connectivity index (χ0v) is 13.4. The summed E-state index contributed by atoms with van der Waals surface area (Å²) >= 11 is 0. The van der Waals surface area contributed by atoms with E-state index in [4.69, 9.17) is 4.74 Å². The van der Waals surface area contributed by atoms with E-state index in [1.165, 1.54) is 0 Å². The van der Waals surface area contributed by atoms with Gasteiger partial charge in [-0.3, -0.25) is 0 Å². The van der Waals surface area contributed by atoms with Crippen molar-refractivity contribution in [2.75, 3.05) is 0 Å². The number of rotatable bonds is 0. The highest BCUT2D eigenvalue weighted by molar-refractivity contribution is 5.95. The molecular formula is C15H26N2O2.